The van der Waals surface area contributed by atoms with Gasteiger partial charge in [-0.2, -0.15) is 0 Å². The van der Waals surface area contributed by atoms with Crippen LogP contribution in [-0.2, 0) is 6.54 Å². The van der Waals surface area contributed by atoms with E-state index in [1.165, 1.54) is 0 Å². The summed E-state index contributed by atoms with van der Waals surface area (Å²) in [5.74, 6) is 1.59. The number of hydrogen-bond donors (Lipinski definition) is 1. The van der Waals surface area contributed by atoms with Crippen molar-refractivity contribution in [3.63, 3.8) is 0 Å². The van der Waals surface area contributed by atoms with Gasteiger partial charge in [-0.3, -0.25) is 4.90 Å². The Kier molecular flexibility index (Phi) is 4.42. The van der Waals surface area contributed by atoms with Crippen LogP contribution in [0.15, 0.2) is 25.6 Å². The minimum Gasteiger partial charge on any atom is -0.444 e. The molecule has 6 nitrogen and oxygen atoms in total. The zero-order valence-electron chi connectivity index (χ0n) is 12.0. The summed E-state index contributed by atoms with van der Waals surface area (Å²) in [6.07, 6.45) is 4.43. The van der Waals surface area contributed by atoms with E-state index in [4.69, 9.17) is 14.6 Å². The molecular weight excluding hydrogens is 336 g/mol. The van der Waals surface area contributed by atoms with E-state index in [0.29, 0.717) is 40.8 Å². The van der Waals surface area contributed by atoms with Crippen LogP contribution < -0.4 is 5.73 Å². The van der Waals surface area contributed by atoms with E-state index in [-0.39, 0.29) is 0 Å². The van der Waals surface area contributed by atoms with E-state index >= 15 is 0 Å². The first-order valence-corrected chi connectivity index (χ1v) is 7.95. The zero-order valence-corrected chi connectivity index (χ0v) is 13.5. The van der Waals surface area contributed by atoms with Gasteiger partial charge in [-0.05, 0) is 60.8 Å². The molecule has 3 rings (SSSR count). The maximum Gasteiger partial charge on any atom is 0.283 e. The van der Waals surface area contributed by atoms with Crippen LogP contribution in [0.1, 0.15) is 31.6 Å². The van der Waals surface area contributed by atoms with Crippen LogP contribution in [0, 0.1) is 0 Å². The second-order valence-electron chi connectivity index (χ2n) is 5.59. The van der Waals surface area contributed by atoms with Gasteiger partial charge >= 0.3 is 0 Å². The largest absolute Gasteiger partial charge is 0.444 e. The van der Waals surface area contributed by atoms with E-state index < -0.39 is 0 Å². The molecule has 0 saturated heterocycles. The van der Waals surface area contributed by atoms with Gasteiger partial charge in [-0.15, -0.1) is 10.2 Å². The van der Waals surface area contributed by atoms with Gasteiger partial charge < -0.3 is 14.6 Å². The molecule has 2 aromatic rings. The fraction of sp³-hybridized carbons (Fsp3) is 0.571. The maximum atomic E-state index is 5.95. The molecule has 0 aromatic carbocycles. The molecule has 2 aromatic heterocycles. The number of halogens is 1. The topological polar surface area (TPSA) is 81.3 Å². The Labute approximate surface area is 131 Å². The lowest BCUT2D eigenvalue weighted by atomic mass is 9.91. The van der Waals surface area contributed by atoms with E-state index in [1.54, 1.807) is 12.1 Å². The monoisotopic (exact) mass is 354 g/mol. The standard InChI is InChI=1S/C14H19BrN4O2/c1-19(10-4-2-9(16)3-5-10)8-13-17-18-14(21-13)11-6-7-12(15)20-11/h6-7,9-10H,2-5,8,16H2,1H3. The van der Waals surface area contributed by atoms with Crippen molar-refractivity contribution in [3.05, 3.63) is 22.7 Å². The predicted molar refractivity (Wildman–Crippen MR) is 81.4 cm³/mol. The molecule has 1 saturated carbocycles. The van der Waals surface area contributed by atoms with Crippen LogP contribution in [0.3, 0.4) is 0 Å². The van der Waals surface area contributed by atoms with Crippen molar-refractivity contribution in [1.82, 2.24) is 15.1 Å². The second-order valence-corrected chi connectivity index (χ2v) is 6.37. The molecule has 1 aliphatic carbocycles. The molecule has 2 heterocycles. The molecule has 2 N–H and O–H groups in total. The number of nitrogens with two attached hydrogens (primary N) is 1. The van der Waals surface area contributed by atoms with Gasteiger partial charge in [-0.1, -0.05) is 0 Å². The summed E-state index contributed by atoms with van der Waals surface area (Å²) in [7, 11) is 2.09. The Bertz CT molecular complexity index is 589. The summed E-state index contributed by atoms with van der Waals surface area (Å²) in [6.45, 7) is 0.648. The van der Waals surface area contributed by atoms with Gasteiger partial charge in [0.25, 0.3) is 5.89 Å². The molecule has 1 aliphatic rings. The van der Waals surface area contributed by atoms with Gasteiger partial charge in [0.2, 0.25) is 5.89 Å². The molecule has 1 fully saturated rings. The third-order valence-electron chi connectivity index (χ3n) is 4.00. The zero-order chi connectivity index (χ0) is 14.8. The number of furan rings is 1. The Morgan fingerprint density at radius 3 is 2.67 bits per heavy atom. The third-order valence-corrected chi connectivity index (χ3v) is 4.43. The number of nitrogens with zero attached hydrogens (tertiary/aromatic N) is 3. The van der Waals surface area contributed by atoms with Crippen molar-refractivity contribution in [2.24, 2.45) is 5.73 Å². The first-order chi connectivity index (χ1) is 10.1. The molecular formula is C14H19BrN4O2. The molecule has 21 heavy (non-hydrogen) atoms. The van der Waals surface area contributed by atoms with E-state index in [2.05, 4.69) is 38.1 Å². The molecule has 7 heteroatoms. The van der Waals surface area contributed by atoms with Crippen molar-refractivity contribution in [1.29, 1.82) is 0 Å². The van der Waals surface area contributed by atoms with Crippen molar-refractivity contribution >= 4 is 15.9 Å². The summed E-state index contributed by atoms with van der Waals surface area (Å²) in [5, 5.41) is 8.13. The fourth-order valence-electron chi connectivity index (χ4n) is 2.73. The lowest BCUT2D eigenvalue weighted by molar-refractivity contribution is 0.163. The van der Waals surface area contributed by atoms with Gasteiger partial charge in [0.05, 0.1) is 6.54 Å². The molecule has 0 unspecified atom stereocenters. The number of rotatable bonds is 4. The molecule has 0 amide bonds. The Morgan fingerprint density at radius 2 is 2.00 bits per heavy atom. The molecule has 0 atom stereocenters. The van der Waals surface area contributed by atoms with Crippen molar-refractivity contribution in [3.8, 4) is 11.7 Å². The highest BCUT2D eigenvalue weighted by molar-refractivity contribution is 9.10. The van der Waals surface area contributed by atoms with Gasteiger partial charge in [0, 0.05) is 12.1 Å². The first-order valence-electron chi connectivity index (χ1n) is 7.15. The number of hydrogen-bond acceptors (Lipinski definition) is 6. The van der Waals surface area contributed by atoms with Crippen molar-refractivity contribution < 1.29 is 8.83 Å². The molecule has 114 valence electrons. The highest BCUT2D eigenvalue weighted by atomic mass is 79.9. The Morgan fingerprint density at radius 1 is 1.24 bits per heavy atom. The maximum absolute atomic E-state index is 5.95. The van der Waals surface area contributed by atoms with Gasteiger partial charge in [0.15, 0.2) is 10.4 Å². The SMILES string of the molecule is CN(Cc1nnc(-c2ccc(Br)o2)o1)C1CCC(N)CC1. The highest BCUT2D eigenvalue weighted by Crippen LogP contribution is 2.25. The fourth-order valence-corrected chi connectivity index (χ4v) is 3.04. The Hall–Kier alpha value is -1.18. The average Bonchev–Trinajstić information content (AvgIpc) is 3.08. The highest BCUT2D eigenvalue weighted by Gasteiger charge is 2.23. The van der Waals surface area contributed by atoms with Crippen LogP contribution in [0.25, 0.3) is 11.7 Å². The lowest BCUT2D eigenvalue weighted by Crippen LogP contribution is -2.38. The van der Waals surface area contributed by atoms with Crippen LogP contribution in [0.5, 0.6) is 0 Å². The van der Waals surface area contributed by atoms with Crippen LogP contribution in [0.4, 0.5) is 0 Å². The summed E-state index contributed by atoms with van der Waals surface area (Å²) in [5.41, 5.74) is 5.95. The van der Waals surface area contributed by atoms with Crippen molar-refractivity contribution in [2.45, 2.75) is 44.3 Å². The van der Waals surface area contributed by atoms with Gasteiger partial charge in [-0.25, -0.2) is 0 Å². The molecule has 0 bridgehead atoms. The predicted octanol–water partition coefficient (Wildman–Crippen LogP) is 2.79. The van der Waals surface area contributed by atoms with Crippen LogP contribution in [-0.4, -0.2) is 34.2 Å². The van der Waals surface area contributed by atoms with Crippen LogP contribution in [0.2, 0.25) is 0 Å². The summed E-state index contributed by atoms with van der Waals surface area (Å²) in [4.78, 5) is 2.27. The number of aromatic nitrogens is 2. The van der Waals surface area contributed by atoms with Crippen molar-refractivity contribution in [2.75, 3.05) is 7.05 Å². The summed E-state index contributed by atoms with van der Waals surface area (Å²) >= 11 is 3.26. The smallest absolute Gasteiger partial charge is 0.283 e. The summed E-state index contributed by atoms with van der Waals surface area (Å²) in [6, 6.07) is 4.50. The average molecular weight is 355 g/mol. The molecule has 0 aliphatic heterocycles. The van der Waals surface area contributed by atoms with E-state index in [1.807, 2.05) is 0 Å². The van der Waals surface area contributed by atoms with Gasteiger partial charge in [0.1, 0.15) is 0 Å². The molecule has 0 spiro atoms. The van der Waals surface area contributed by atoms with Crippen LogP contribution >= 0.6 is 15.9 Å². The second kappa shape index (κ2) is 6.29. The third kappa shape index (κ3) is 3.53. The summed E-state index contributed by atoms with van der Waals surface area (Å²) < 4.78 is 11.7. The normalized spacial score (nSPS) is 22.9. The lowest BCUT2D eigenvalue weighted by Gasteiger charge is -2.32. The molecule has 0 radical (unpaired) electrons. The Balaban J connectivity index is 1.61. The minimum absolute atomic E-state index is 0.363. The minimum atomic E-state index is 0.363. The van der Waals surface area contributed by atoms with E-state index in [0.717, 1.165) is 25.7 Å². The van der Waals surface area contributed by atoms with E-state index in [9.17, 15) is 0 Å². The quantitative estimate of drug-likeness (QED) is 0.908. The first kappa shape index (κ1) is 14.7.